The summed E-state index contributed by atoms with van der Waals surface area (Å²) in [4.78, 5) is 11.9. The summed E-state index contributed by atoms with van der Waals surface area (Å²) < 4.78 is 0. The molecule has 1 fully saturated rings. The van der Waals surface area contributed by atoms with Gasteiger partial charge in [0.25, 0.3) is 5.91 Å². The second-order valence-corrected chi connectivity index (χ2v) is 4.64. The van der Waals surface area contributed by atoms with Gasteiger partial charge in [-0.3, -0.25) is 4.79 Å². The summed E-state index contributed by atoms with van der Waals surface area (Å²) in [7, 11) is 0. The number of nitrogens with one attached hydrogen (secondary N) is 1. The number of phenolic OH excluding ortho intramolecular Hbond substituents is 2. The van der Waals surface area contributed by atoms with Crippen molar-refractivity contribution < 1.29 is 20.1 Å². The Morgan fingerprint density at radius 1 is 1.17 bits per heavy atom. The highest BCUT2D eigenvalue weighted by Gasteiger charge is 2.24. The Balaban J connectivity index is 2.04. The molecule has 5 nitrogen and oxygen atoms in total. The van der Waals surface area contributed by atoms with Gasteiger partial charge >= 0.3 is 0 Å². The van der Waals surface area contributed by atoms with E-state index in [0.717, 1.165) is 19.3 Å². The highest BCUT2D eigenvalue weighted by Crippen LogP contribution is 2.25. The van der Waals surface area contributed by atoms with E-state index in [1.54, 1.807) is 0 Å². The van der Waals surface area contributed by atoms with Crippen LogP contribution in [0.2, 0.25) is 0 Å². The molecule has 0 aliphatic heterocycles. The van der Waals surface area contributed by atoms with Crippen molar-refractivity contribution in [3.8, 4) is 11.5 Å². The van der Waals surface area contributed by atoms with Crippen LogP contribution in [-0.2, 0) is 0 Å². The largest absolute Gasteiger partial charge is 0.504 e. The number of amides is 1. The predicted molar refractivity (Wildman–Crippen MR) is 65.5 cm³/mol. The van der Waals surface area contributed by atoms with E-state index in [1.807, 2.05) is 0 Å². The number of carbonyl (C=O) groups is 1. The maximum Gasteiger partial charge on any atom is 0.251 e. The number of benzene rings is 1. The van der Waals surface area contributed by atoms with Gasteiger partial charge < -0.3 is 20.6 Å². The zero-order chi connectivity index (χ0) is 13.1. The zero-order valence-corrected chi connectivity index (χ0v) is 9.97. The summed E-state index contributed by atoms with van der Waals surface area (Å²) in [6, 6.07) is 3.67. The smallest absolute Gasteiger partial charge is 0.251 e. The summed E-state index contributed by atoms with van der Waals surface area (Å²) in [5, 5.41) is 31.0. The van der Waals surface area contributed by atoms with Crippen LogP contribution in [0.5, 0.6) is 11.5 Å². The predicted octanol–water partition coefficient (Wildman–Crippen LogP) is 1.13. The molecule has 2 atom stereocenters. The van der Waals surface area contributed by atoms with Gasteiger partial charge in [-0.1, -0.05) is 12.8 Å². The SMILES string of the molecule is O=C(NC1CCCCC1O)c1ccc(O)c(O)c1. The molecule has 1 amide bonds. The van der Waals surface area contributed by atoms with Crippen LogP contribution in [0, 0.1) is 0 Å². The van der Waals surface area contributed by atoms with Crippen molar-refractivity contribution >= 4 is 5.91 Å². The van der Waals surface area contributed by atoms with E-state index in [-0.39, 0.29) is 29.0 Å². The van der Waals surface area contributed by atoms with Crippen LogP contribution in [-0.4, -0.2) is 33.4 Å². The van der Waals surface area contributed by atoms with Crippen molar-refractivity contribution in [3.05, 3.63) is 23.8 Å². The first-order chi connectivity index (χ1) is 8.58. The molecule has 1 aliphatic rings. The minimum absolute atomic E-state index is 0.234. The molecular weight excluding hydrogens is 234 g/mol. The molecule has 1 aromatic rings. The van der Waals surface area contributed by atoms with Crippen molar-refractivity contribution in [1.29, 1.82) is 0 Å². The van der Waals surface area contributed by atoms with Gasteiger partial charge in [0.1, 0.15) is 0 Å². The summed E-state index contributed by atoms with van der Waals surface area (Å²) in [5.41, 5.74) is 0.267. The lowest BCUT2D eigenvalue weighted by Crippen LogP contribution is -2.45. The highest BCUT2D eigenvalue weighted by molar-refractivity contribution is 5.95. The zero-order valence-electron chi connectivity index (χ0n) is 9.97. The maximum absolute atomic E-state index is 11.9. The average molecular weight is 251 g/mol. The Bertz CT molecular complexity index is 447. The maximum atomic E-state index is 11.9. The molecule has 4 N–H and O–H groups in total. The molecule has 18 heavy (non-hydrogen) atoms. The summed E-state index contributed by atoms with van der Waals surface area (Å²) in [6.07, 6.45) is 2.92. The third-order valence-corrected chi connectivity index (χ3v) is 3.28. The number of carbonyl (C=O) groups excluding carboxylic acids is 1. The van der Waals surface area contributed by atoms with Crippen LogP contribution in [0.4, 0.5) is 0 Å². The van der Waals surface area contributed by atoms with Gasteiger partial charge in [0.15, 0.2) is 11.5 Å². The van der Waals surface area contributed by atoms with Gasteiger partial charge in [-0.2, -0.15) is 0 Å². The van der Waals surface area contributed by atoms with Crippen molar-refractivity contribution in [2.75, 3.05) is 0 Å². The fraction of sp³-hybridized carbons (Fsp3) is 0.462. The topological polar surface area (TPSA) is 89.8 Å². The molecule has 0 spiro atoms. The van der Waals surface area contributed by atoms with E-state index < -0.39 is 6.10 Å². The molecule has 1 aliphatic carbocycles. The number of aliphatic hydroxyl groups excluding tert-OH is 1. The fourth-order valence-corrected chi connectivity index (χ4v) is 2.20. The van der Waals surface area contributed by atoms with Gasteiger partial charge in [0, 0.05) is 5.56 Å². The minimum Gasteiger partial charge on any atom is -0.504 e. The minimum atomic E-state index is -0.506. The van der Waals surface area contributed by atoms with Crippen LogP contribution in [0.15, 0.2) is 18.2 Å². The van der Waals surface area contributed by atoms with Crippen LogP contribution in [0.3, 0.4) is 0 Å². The number of phenols is 2. The Hall–Kier alpha value is -1.75. The van der Waals surface area contributed by atoms with Crippen molar-refractivity contribution in [2.45, 2.75) is 37.8 Å². The van der Waals surface area contributed by atoms with E-state index in [9.17, 15) is 15.0 Å². The molecule has 5 heteroatoms. The standard InChI is InChI=1S/C13H17NO4/c15-10-4-2-1-3-9(10)14-13(18)8-5-6-11(16)12(17)7-8/h5-7,9-10,15-17H,1-4H2,(H,14,18). The van der Waals surface area contributed by atoms with E-state index in [0.29, 0.717) is 6.42 Å². The molecule has 0 bridgehead atoms. The fourth-order valence-electron chi connectivity index (χ4n) is 2.20. The van der Waals surface area contributed by atoms with E-state index in [4.69, 9.17) is 5.11 Å². The van der Waals surface area contributed by atoms with Gasteiger partial charge in [0.2, 0.25) is 0 Å². The van der Waals surface area contributed by atoms with Gasteiger partial charge in [-0.05, 0) is 31.0 Å². The lowest BCUT2D eigenvalue weighted by atomic mass is 9.92. The van der Waals surface area contributed by atoms with Crippen molar-refractivity contribution in [2.24, 2.45) is 0 Å². The van der Waals surface area contributed by atoms with Crippen LogP contribution in [0.1, 0.15) is 36.0 Å². The first-order valence-electron chi connectivity index (χ1n) is 6.09. The number of rotatable bonds is 2. The molecule has 1 saturated carbocycles. The lowest BCUT2D eigenvalue weighted by molar-refractivity contribution is 0.0717. The summed E-state index contributed by atoms with van der Waals surface area (Å²) in [5.74, 6) is -0.938. The molecule has 2 unspecified atom stereocenters. The Kier molecular flexibility index (Phi) is 3.72. The Morgan fingerprint density at radius 2 is 1.89 bits per heavy atom. The van der Waals surface area contributed by atoms with Gasteiger partial charge in [-0.25, -0.2) is 0 Å². The Labute approximate surface area is 105 Å². The van der Waals surface area contributed by atoms with Crippen molar-refractivity contribution in [1.82, 2.24) is 5.32 Å². The van der Waals surface area contributed by atoms with E-state index in [2.05, 4.69) is 5.32 Å². The second kappa shape index (κ2) is 5.27. The van der Waals surface area contributed by atoms with Crippen LogP contribution in [0.25, 0.3) is 0 Å². The van der Waals surface area contributed by atoms with Crippen LogP contribution < -0.4 is 5.32 Å². The Morgan fingerprint density at radius 3 is 2.56 bits per heavy atom. The second-order valence-electron chi connectivity index (χ2n) is 4.64. The molecule has 0 saturated heterocycles. The average Bonchev–Trinajstić information content (AvgIpc) is 2.35. The molecule has 98 valence electrons. The number of hydrogen-bond donors (Lipinski definition) is 4. The molecule has 0 radical (unpaired) electrons. The third-order valence-electron chi connectivity index (χ3n) is 3.28. The number of aliphatic hydroxyl groups is 1. The van der Waals surface area contributed by atoms with Gasteiger partial charge in [0.05, 0.1) is 12.1 Å². The van der Waals surface area contributed by atoms with Gasteiger partial charge in [-0.15, -0.1) is 0 Å². The molecule has 0 aromatic heterocycles. The molecule has 2 rings (SSSR count). The molecule has 1 aromatic carbocycles. The summed E-state index contributed by atoms with van der Waals surface area (Å²) in [6.45, 7) is 0. The van der Waals surface area contributed by atoms with Crippen LogP contribution >= 0.6 is 0 Å². The lowest BCUT2D eigenvalue weighted by Gasteiger charge is -2.28. The number of aromatic hydroxyl groups is 2. The van der Waals surface area contributed by atoms with Crippen molar-refractivity contribution in [3.63, 3.8) is 0 Å². The third kappa shape index (κ3) is 2.73. The quantitative estimate of drug-likeness (QED) is 0.593. The summed E-state index contributed by atoms with van der Waals surface area (Å²) >= 11 is 0. The normalized spacial score (nSPS) is 23.6. The first-order valence-corrected chi connectivity index (χ1v) is 6.09. The molecule has 0 heterocycles. The van der Waals surface area contributed by atoms with E-state index >= 15 is 0 Å². The number of hydrogen-bond acceptors (Lipinski definition) is 4. The highest BCUT2D eigenvalue weighted by atomic mass is 16.3. The van der Waals surface area contributed by atoms with E-state index in [1.165, 1.54) is 18.2 Å². The first kappa shape index (κ1) is 12.7. The molecular formula is C13H17NO4. The monoisotopic (exact) mass is 251 g/mol.